The van der Waals surface area contributed by atoms with Crippen molar-refractivity contribution in [3.8, 4) is 5.88 Å². The first-order valence-electron chi connectivity index (χ1n) is 6.67. The van der Waals surface area contributed by atoms with Crippen molar-refractivity contribution in [1.29, 1.82) is 0 Å². The van der Waals surface area contributed by atoms with E-state index in [1.165, 1.54) is 6.42 Å². The lowest BCUT2D eigenvalue weighted by Gasteiger charge is -2.14. The predicted octanol–water partition coefficient (Wildman–Crippen LogP) is 1.80. The molecule has 0 saturated carbocycles. The molecule has 5 nitrogen and oxygen atoms in total. The van der Waals surface area contributed by atoms with Gasteiger partial charge in [-0.15, -0.1) is 0 Å². The van der Waals surface area contributed by atoms with Crippen LogP contribution in [0.2, 0.25) is 0 Å². The first-order chi connectivity index (χ1) is 9.36. The summed E-state index contributed by atoms with van der Waals surface area (Å²) in [7, 11) is 1.83. The second kappa shape index (κ2) is 5.40. The molecule has 1 saturated heterocycles. The molecule has 0 spiro atoms. The monoisotopic (exact) mass is 258 g/mol. The van der Waals surface area contributed by atoms with Gasteiger partial charge in [-0.3, -0.25) is 0 Å². The molecule has 19 heavy (non-hydrogen) atoms. The maximum Gasteiger partial charge on any atom is 0.258 e. The van der Waals surface area contributed by atoms with Crippen LogP contribution in [0.1, 0.15) is 12.8 Å². The average Bonchev–Trinajstić information content (AvgIpc) is 2.97. The maximum absolute atomic E-state index is 5.82. The molecular formula is C14H18N4O. The van der Waals surface area contributed by atoms with Crippen molar-refractivity contribution in [2.24, 2.45) is 0 Å². The highest BCUT2D eigenvalue weighted by Gasteiger charge is 2.16. The lowest BCUT2D eigenvalue weighted by Crippen LogP contribution is -2.28. The maximum atomic E-state index is 5.82. The van der Waals surface area contributed by atoms with Crippen molar-refractivity contribution in [2.45, 2.75) is 18.9 Å². The second-order valence-corrected chi connectivity index (χ2v) is 4.72. The quantitative estimate of drug-likeness (QED) is 0.875. The van der Waals surface area contributed by atoms with E-state index < -0.39 is 0 Å². The van der Waals surface area contributed by atoms with Crippen LogP contribution < -0.4 is 15.4 Å². The van der Waals surface area contributed by atoms with E-state index in [1.807, 2.05) is 31.3 Å². The molecule has 1 aliphatic heterocycles. The first-order valence-corrected chi connectivity index (χ1v) is 6.67. The molecule has 1 aliphatic rings. The third kappa shape index (κ3) is 2.61. The normalized spacial score (nSPS) is 18.7. The van der Waals surface area contributed by atoms with Crippen molar-refractivity contribution < 1.29 is 4.74 Å². The fourth-order valence-corrected chi connectivity index (χ4v) is 2.33. The molecule has 1 fully saturated rings. The minimum atomic E-state index is 0.429. The van der Waals surface area contributed by atoms with E-state index in [4.69, 9.17) is 4.74 Å². The SMILES string of the molecule is CNc1nc2ccccc2nc1OC[C@@H]1CCCN1. The van der Waals surface area contributed by atoms with Gasteiger partial charge in [-0.1, -0.05) is 12.1 Å². The van der Waals surface area contributed by atoms with Crippen LogP contribution in [0.5, 0.6) is 5.88 Å². The van der Waals surface area contributed by atoms with E-state index in [0.717, 1.165) is 24.0 Å². The van der Waals surface area contributed by atoms with Crippen LogP contribution in [-0.4, -0.2) is 36.2 Å². The smallest absolute Gasteiger partial charge is 0.258 e. The molecule has 5 heteroatoms. The molecule has 0 bridgehead atoms. The van der Waals surface area contributed by atoms with Crippen LogP contribution in [0, 0.1) is 0 Å². The van der Waals surface area contributed by atoms with Gasteiger partial charge in [0, 0.05) is 13.1 Å². The van der Waals surface area contributed by atoms with Crippen LogP contribution in [0.3, 0.4) is 0 Å². The van der Waals surface area contributed by atoms with Gasteiger partial charge in [0.15, 0.2) is 5.82 Å². The highest BCUT2D eigenvalue weighted by atomic mass is 16.5. The molecule has 2 N–H and O–H groups in total. The summed E-state index contributed by atoms with van der Waals surface area (Å²) in [6.45, 7) is 1.72. The molecule has 2 aromatic rings. The van der Waals surface area contributed by atoms with E-state index in [9.17, 15) is 0 Å². The summed E-state index contributed by atoms with van der Waals surface area (Å²) in [4.78, 5) is 9.05. The van der Waals surface area contributed by atoms with Gasteiger partial charge in [-0.25, -0.2) is 9.97 Å². The molecule has 3 rings (SSSR count). The number of benzene rings is 1. The van der Waals surface area contributed by atoms with Gasteiger partial charge in [-0.05, 0) is 31.5 Å². The number of rotatable bonds is 4. The minimum absolute atomic E-state index is 0.429. The summed E-state index contributed by atoms with van der Waals surface area (Å²) >= 11 is 0. The van der Waals surface area contributed by atoms with Crippen molar-refractivity contribution in [1.82, 2.24) is 15.3 Å². The Balaban J connectivity index is 1.83. The van der Waals surface area contributed by atoms with Crippen LogP contribution in [0.25, 0.3) is 11.0 Å². The zero-order valence-corrected chi connectivity index (χ0v) is 11.0. The fourth-order valence-electron chi connectivity index (χ4n) is 2.33. The summed E-state index contributed by atoms with van der Waals surface area (Å²) < 4.78 is 5.82. The van der Waals surface area contributed by atoms with Crippen molar-refractivity contribution in [3.05, 3.63) is 24.3 Å². The molecule has 1 aromatic carbocycles. The van der Waals surface area contributed by atoms with Crippen molar-refractivity contribution >= 4 is 16.9 Å². The molecule has 0 amide bonds. The molecule has 1 aromatic heterocycles. The number of anilines is 1. The summed E-state index contributed by atoms with van der Waals surface area (Å²) in [5.41, 5.74) is 1.73. The Morgan fingerprint density at radius 3 is 2.79 bits per heavy atom. The molecule has 0 radical (unpaired) electrons. The molecule has 1 atom stereocenters. The Morgan fingerprint density at radius 1 is 1.32 bits per heavy atom. The first kappa shape index (κ1) is 12.2. The zero-order valence-electron chi connectivity index (χ0n) is 11.0. The third-order valence-corrected chi connectivity index (χ3v) is 3.36. The van der Waals surface area contributed by atoms with E-state index >= 15 is 0 Å². The van der Waals surface area contributed by atoms with Crippen LogP contribution in [0.4, 0.5) is 5.82 Å². The topological polar surface area (TPSA) is 59.1 Å². The number of hydrogen-bond acceptors (Lipinski definition) is 5. The third-order valence-electron chi connectivity index (χ3n) is 3.36. The average molecular weight is 258 g/mol. The molecule has 0 aliphatic carbocycles. The Bertz CT molecular complexity index is 566. The highest BCUT2D eigenvalue weighted by Crippen LogP contribution is 2.23. The lowest BCUT2D eigenvalue weighted by atomic mass is 10.2. The number of ether oxygens (including phenoxy) is 1. The highest BCUT2D eigenvalue weighted by molar-refractivity contribution is 5.77. The van der Waals surface area contributed by atoms with Gasteiger partial charge < -0.3 is 15.4 Å². The number of hydrogen-bond donors (Lipinski definition) is 2. The lowest BCUT2D eigenvalue weighted by molar-refractivity contribution is 0.269. The van der Waals surface area contributed by atoms with Gasteiger partial charge in [0.25, 0.3) is 5.88 Å². The van der Waals surface area contributed by atoms with Gasteiger partial charge in [0.05, 0.1) is 11.0 Å². The fraction of sp³-hybridized carbons (Fsp3) is 0.429. The number of fused-ring (bicyclic) bond motifs is 1. The van der Waals surface area contributed by atoms with E-state index in [2.05, 4.69) is 20.6 Å². The Labute approximate surface area is 112 Å². The van der Waals surface area contributed by atoms with Gasteiger partial charge in [-0.2, -0.15) is 0 Å². The predicted molar refractivity (Wildman–Crippen MR) is 75.6 cm³/mol. The van der Waals surface area contributed by atoms with Crippen molar-refractivity contribution in [2.75, 3.05) is 25.5 Å². The Kier molecular flexibility index (Phi) is 3.46. The van der Waals surface area contributed by atoms with E-state index in [-0.39, 0.29) is 0 Å². The standard InChI is InChI=1S/C14H18N4O/c1-15-13-14(19-9-10-5-4-8-16-10)18-12-7-3-2-6-11(12)17-13/h2-3,6-7,10,16H,4-5,8-9H2,1H3,(H,15,17)/t10-/m0/s1. The molecule has 2 heterocycles. The van der Waals surface area contributed by atoms with Gasteiger partial charge in [0.2, 0.25) is 0 Å². The van der Waals surface area contributed by atoms with Crippen LogP contribution in [0.15, 0.2) is 24.3 Å². The summed E-state index contributed by atoms with van der Waals surface area (Å²) in [6.07, 6.45) is 2.38. The molecule has 100 valence electrons. The van der Waals surface area contributed by atoms with Gasteiger partial charge in [0.1, 0.15) is 6.61 Å². The second-order valence-electron chi connectivity index (χ2n) is 4.72. The number of aromatic nitrogens is 2. The molecule has 0 unspecified atom stereocenters. The number of para-hydroxylation sites is 2. The van der Waals surface area contributed by atoms with Gasteiger partial charge >= 0.3 is 0 Å². The summed E-state index contributed by atoms with van der Waals surface area (Å²) in [6, 6.07) is 8.24. The largest absolute Gasteiger partial charge is 0.473 e. The molecular weight excluding hydrogens is 240 g/mol. The van der Waals surface area contributed by atoms with Crippen LogP contribution >= 0.6 is 0 Å². The number of nitrogens with one attached hydrogen (secondary N) is 2. The van der Waals surface area contributed by atoms with E-state index in [0.29, 0.717) is 24.3 Å². The summed E-state index contributed by atoms with van der Waals surface area (Å²) in [5, 5.41) is 6.45. The zero-order chi connectivity index (χ0) is 13.1. The van der Waals surface area contributed by atoms with Crippen molar-refractivity contribution in [3.63, 3.8) is 0 Å². The minimum Gasteiger partial charge on any atom is -0.473 e. The Hall–Kier alpha value is -1.88. The summed E-state index contributed by atoms with van der Waals surface area (Å²) in [5.74, 6) is 1.27. The Morgan fingerprint density at radius 2 is 2.11 bits per heavy atom. The van der Waals surface area contributed by atoms with Crippen LogP contribution in [-0.2, 0) is 0 Å². The van der Waals surface area contributed by atoms with E-state index in [1.54, 1.807) is 0 Å². The number of nitrogens with zero attached hydrogens (tertiary/aromatic N) is 2.